The van der Waals surface area contributed by atoms with Crippen LogP contribution in [0, 0.1) is 5.92 Å². The zero-order valence-corrected chi connectivity index (χ0v) is 12.2. The van der Waals surface area contributed by atoms with Gasteiger partial charge in [-0.3, -0.25) is 0 Å². The molecule has 4 heteroatoms. The van der Waals surface area contributed by atoms with Crippen molar-refractivity contribution in [2.24, 2.45) is 5.92 Å². The second-order valence-electron chi connectivity index (χ2n) is 4.32. The van der Waals surface area contributed by atoms with Crippen LogP contribution in [0.5, 0.6) is 0 Å². The highest BCUT2D eigenvalue weighted by Gasteiger charge is 2.29. The first-order valence-electron chi connectivity index (χ1n) is 5.99. The maximum Gasteiger partial charge on any atom is 0.0866 e. The van der Waals surface area contributed by atoms with Gasteiger partial charge in [-0.15, -0.1) is 0 Å². The van der Waals surface area contributed by atoms with Gasteiger partial charge in [0, 0.05) is 23.5 Å². The smallest absolute Gasteiger partial charge is 0.0866 e. The van der Waals surface area contributed by atoms with E-state index in [1.54, 1.807) is 0 Å². The second-order valence-corrected chi connectivity index (χ2v) is 5.58. The number of hydrogen-bond acceptors (Lipinski definition) is 2. The average Bonchev–Trinajstić information content (AvgIpc) is 2.78. The number of ether oxygens (including phenoxy) is 1. The molecule has 1 aromatic carbocycles. The number of halogens is 2. The maximum atomic E-state index is 6.01. The molecule has 17 heavy (non-hydrogen) atoms. The van der Waals surface area contributed by atoms with Crippen LogP contribution in [0.4, 0.5) is 0 Å². The van der Waals surface area contributed by atoms with Crippen LogP contribution in [0.1, 0.15) is 25.0 Å². The highest BCUT2D eigenvalue weighted by atomic mass is 79.9. The Bertz CT molecular complexity index is 386. The van der Waals surface area contributed by atoms with Crippen molar-refractivity contribution < 1.29 is 4.74 Å². The summed E-state index contributed by atoms with van der Waals surface area (Å²) in [6.07, 6.45) is 1.32. The van der Waals surface area contributed by atoms with Crippen molar-refractivity contribution in [1.29, 1.82) is 0 Å². The molecule has 2 rings (SSSR count). The van der Waals surface area contributed by atoms with Gasteiger partial charge in [-0.1, -0.05) is 24.6 Å². The van der Waals surface area contributed by atoms with E-state index in [1.807, 2.05) is 6.07 Å². The van der Waals surface area contributed by atoms with E-state index < -0.39 is 0 Å². The summed E-state index contributed by atoms with van der Waals surface area (Å²) in [5.41, 5.74) is 1.21. The van der Waals surface area contributed by atoms with Crippen molar-refractivity contribution in [2.45, 2.75) is 19.4 Å². The molecule has 0 saturated carbocycles. The lowest BCUT2D eigenvalue weighted by Gasteiger charge is -2.19. The van der Waals surface area contributed by atoms with E-state index in [4.69, 9.17) is 16.3 Å². The minimum Gasteiger partial charge on any atom is -0.373 e. The first-order valence-corrected chi connectivity index (χ1v) is 7.16. The van der Waals surface area contributed by atoms with Gasteiger partial charge in [-0.25, -0.2) is 0 Å². The van der Waals surface area contributed by atoms with E-state index in [1.165, 1.54) is 5.56 Å². The summed E-state index contributed by atoms with van der Waals surface area (Å²) >= 11 is 9.47. The standard InChI is InChI=1S/C13H17BrClNO/c1-2-16-8-10-5-6-17-13(10)9-3-4-12(15)11(14)7-9/h3-4,7,10,13,16H,2,5-6,8H2,1H3. The van der Waals surface area contributed by atoms with Crippen molar-refractivity contribution in [3.63, 3.8) is 0 Å². The Morgan fingerprint density at radius 3 is 3.06 bits per heavy atom. The molecule has 1 aliphatic heterocycles. The lowest BCUT2D eigenvalue weighted by atomic mass is 9.95. The Morgan fingerprint density at radius 1 is 1.53 bits per heavy atom. The molecular weight excluding hydrogens is 302 g/mol. The number of hydrogen-bond donors (Lipinski definition) is 1. The first kappa shape index (κ1) is 13.3. The van der Waals surface area contributed by atoms with Crippen LogP contribution >= 0.6 is 27.5 Å². The minimum absolute atomic E-state index is 0.197. The van der Waals surface area contributed by atoms with E-state index in [0.717, 1.165) is 35.6 Å². The molecule has 94 valence electrons. The molecule has 0 radical (unpaired) electrons. The fraction of sp³-hybridized carbons (Fsp3) is 0.538. The Morgan fingerprint density at radius 2 is 2.35 bits per heavy atom. The van der Waals surface area contributed by atoms with Gasteiger partial charge in [0.1, 0.15) is 0 Å². The van der Waals surface area contributed by atoms with Crippen LogP contribution in [-0.2, 0) is 4.74 Å². The van der Waals surface area contributed by atoms with E-state index in [0.29, 0.717) is 5.92 Å². The van der Waals surface area contributed by atoms with E-state index in [2.05, 4.69) is 40.3 Å². The molecule has 0 bridgehead atoms. The molecule has 1 saturated heterocycles. The molecule has 0 aromatic heterocycles. The molecule has 1 N–H and O–H groups in total. The van der Waals surface area contributed by atoms with E-state index in [9.17, 15) is 0 Å². The molecule has 1 heterocycles. The normalized spacial score (nSPS) is 24.2. The van der Waals surface area contributed by atoms with Crippen molar-refractivity contribution in [2.75, 3.05) is 19.7 Å². The average molecular weight is 319 g/mol. The van der Waals surface area contributed by atoms with Crippen molar-refractivity contribution in [3.05, 3.63) is 33.3 Å². The lowest BCUT2D eigenvalue weighted by molar-refractivity contribution is 0.0906. The summed E-state index contributed by atoms with van der Waals surface area (Å²) in [7, 11) is 0. The van der Waals surface area contributed by atoms with Crippen LogP contribution in [0.2, 0.25) is 5.02 Å². The summed E-state index contributed by atoms with van der Waals surface area (Å²) in [6, 6.07) is 6.05. The molecule has 2 nitrogen and oxygen atoms in total. The summed E-state index contributed by atoms with van der Waals surface area (Å²) in [5.74, 6) is 0.558. The molecule has 0 amide bonds. The van der Waals surface area contributed by atoms with Crippen LogP contribution in [0.25, 0.3) is 0 Å². The Hall–Kier alpha value is -0.0900. The summed E-state index contributed by atoms with van der Waals surface area (Å²) in [5, 5.41) is 4.14. The summed E-state index contributed by atoms with van der Waals surface area (Å²) < 4.78 is 6.78. The number of nitrogens with one attached hydrogen (secondary N) is 1. The van der Waals surface area contributed by atoms with E-state index >= 15 is 0 Å². The molecule has 2 unspecified atom stereocenters. The van der Waals surface area contributed by atoms with Gasteiger partial charge in [-0.05, 0) is 46.6 Å². The third kappa shape index (κ3) is 3.22. The molecule has 0 aliphatic carbocycles. The van der Waals surface area contributed by atoms with Crippen molar-refractivity contribution in [1.82, 2.24) is 5.32 Å². The molecular formula is C13H17BrClNO. The predicted octanol–water partition coefficient (Wildman–Crippen LogP) is 3.79. The topological polar surface area (TPSA) is 21.3 Å². The largest absolute Gasteiger partial charge is 0.373 e. The number of benzene rings is 1. The van der Waals surface area contributed by atoms with Gasteiger partial charge in [-0.2, -0.15) is 0 Å². The van der Waals surface area contributed by atoms with Crippen LogP contribution in [-0.4, -0.2) is 19.7 Å². The number of rotatable bonds is 4. The van der Waals surface area contributed by atoms with Gasteiger partial charge in [0.2, 0.25) is 0 Å². The lowest BCUT2D eigenvalue weighted by Crippen LogP contribution is -2.24. The highest BCUT2D eigenvalue weighted by Crippen LogP contribution is 2.36. The molecule has 0 spiro atoms. The maximum absolute atomic E-state index is 6.01. The first-order chi connectivity index (χ1) is 8.22. The van der Waals surface area contributed by atoms with Gasteiger partial charge < -0.3 is 10.1 Å². The Labute approximate surface area is 116 Å². The van der Waals surface area contributed by atoms with Crippen molar-refractivity contribution >= 4 is 27.5 Å². The zero-order valence-electron chi connectivity index (χ0n) is 9.88. The predicted molar refractivity (Wildman–Crippen MR) is 74.5 cm³/mol. The van der Waals surface area contributed by atoms with Gasteiger partial charge >= 0.3 is 0 Å². The minimum atomic E-state index is 0.197. The van der Waals surface area contributed by atoms with Crippen LogP contribution in [0.15, 0.2) is 22.7 Å². The van der Waals surface area contributed by atoms with Crippen LogP contribution < -0.4 is 5.32 Å². The SMILES string of the molecule is CCNCC1CCOC1c1ccc(Cl)c(Br)c1. The summed E-state index contributed by atoms with van der Waals surface area (Å²) in [4.78, 5) is 0. The molecule has 2 atom stereocenters. The summed E-state index contributed by atoms with van der Waals surface area (Å²) in [6.45, 7) is 5.00. The second kappa shape index (κ2) is 6.19. The van der Waals surface area contributed by atoms with E-state index in [-0.39, 0.29) is 6.10 Å². The molecule has 1 fully saturated rings. The molecule has 1 aliphatic rings. The van der Waals surface area contributed by atoms with Gasteiger partial charge in [0.05, 0.1) is 11.1 Å². The van der Waals surface area contributed by atoms with Crippen LogP contribution in [0.3, 0.4) is 0 Å². The third-order valence-electron chi connectivity index (χ3n) is 3.14. The highest BCUT2D eigenvalue weighted by molar-refractivity contribution is 9.10. The fourth-order valence-corrected chi connectivity index (χ4v) is 2.74. The zero-order chi connectivity index (χ0) is 12.3. The Kier molecular flexibility index (Phi) is 4.86. The Balaban J connectivity index is 2.11. The monoisotopic (exact) mass is 317 g/mol. The third-order valence-corrected chi connectivity index (χ3v) is 4.36. The van der Waals surface area contributed by atoms with Crippen molar-refractivity contribution in [3.8, 4) is 0 Å². The van der Waals surface area contributed by atoms with Gasteiger partial charge in [0.15, 0.2) is 0 Å². The van der Waals surface area contributed by atoms with Gasteiger partial charge in [0.25, 0.3) is 0 Å². The quantitative estimate of drug-likeness (QED) is 0.912. The molecule has 1 aromatic rings. The fourth-order valence-electron chi connectivity index (χ4n) is 2.23.